The molecule has 8 nitrogen and oxygen atoms in total. The molecule has 0 aliphatic carbocycles. The van der Waals surface area contributed by atoms with E-state index in [1.165, 1.54) is 0 Å². The third-order valence-corrected chi connectivity index (χ3v) is 7.05. The standard InChI is InChI=1S/C22H30N6O2/c1-26(2)20-4-3-16(11-24-20)21(29)25-12-17-18-13-28(10-9-27-8-7-23-15-27)14-22(18)6-5-19(17)30-22/h3-4,7-8,11,15,17-19H,5-6,9-10,12-14H2,1-2H3,(H,25,29)/t17-,18+,19+,22+/m0/s1. The van der Waals surface area contributed by atoms with Crippen molar-refractivity contribution < 1.29 is 9.53 Å². The molecule has 8 heteroatoms. The number of carbonyl (C=O) groups is 1. The molecule has 2 aromatic rings. The van der Waals surface area contributed by atoms with Crippen LogP contribution in [0.15, 0.2) is 37.1 Å². The molecule has 3 aliphatic rings. The van der Waals surface area contributed by atoms with E-state index in [4.69, 9.17) is 4.74 Å². The molecular formula is C22H30N6O2. The minimum Gasteiger partial charge on any atom is -0.370 e. The molecular weight excluding hydrogens is 380 g/mol. The normalized spacial score (nSPS) is 29.9. The second-order valence-electron chi connectivity index (χ2n) is 9.08. The predicted octanol–water partition coefficient (Wildman–Crippen LogP) is 1.25. The van der Waals surface area contributed by atoms with Gasteiger partial charge in [0.2, 0.25) is 0 Å². The molecule has 2 bridgehead atoms. The number of aromatic nitrogens is 3. The minimum absolute atomic E-state index is 0.0100. The Hall–Kier alpha value is -2.45. The predicted molar refractivity (Wildman–Crippen MR) is 113 cm³/mol. The number of imidazole rings is 1. The van der Waals surface area contributed by atoms with Crippen LogP contribution in [0.2, 0.25) is 0 Å². The van der Waals surface area contributed by atoms with Gasteiger partial charge in [-0.1, -0.05) is 0 Å². The van der Waals surface area contributed by atoms with Crippen molar-refractivity contribution in [1.29, 1.82) is 0 Å². The number of nitrogens with one attached hydrogen (secondary N) is 1. The average Bonchev–Trinajstić information content (AvgIpc) is 3.51. The quantitative estimate of drug-likeness (QED) is 0.741. The Morgan fingerprint density at radius 2 is 2.27 bits per heavy atom. The highest BCUT2D eigenvalue weighted by molar-refractivity contribution is 5.94. The van der Waals surface area contributed by atoms with Gasteiger partial charge in [0.15, 0.2) is 0 Å². The van der Waals surface area contributed by atoms with Crippen molar-refractivity contribution in [1.82, 2.24) is 24.8 Å². The summed E-state index contributed by atoms with van der Waals surface area (Å²) >= 11 is 0. The van der Waals surface area contributed by atoms with Crippen molar-refractivity contribution in [2.24, 2.45) is 11.8 Å². The van der Waals surface area contributed by atoms with Crippen LogP contribution < -0.4 is 10.2 Å². The number of pyridine rings is 1. The molecule has 3 aliphatic heterocycles. The molecule has 5 heterocycles. The summed E-state index contributed by atoms with van der Waals surface area (Å²) in [6, 6.07) is 3.71. The Morgan fingerprint density at radius 1 is 1.37 bits per heavy atom. The van der Waals surface area contributed by atoms with Crippen LogP contribution in [-0.4, -0.2) is 77.3 Å². The summed E-state index contributed by atoms with van der Waals surface area (Å²) in [6.45, 7) is 4.67. The first-order valence-corrected chi connectivity index (χ1v) is 10.8. The third-order valence-electron chi connectivity index (χ3n) is 7.05. The molecule has 1 amide bonds. The van der Waals surface area contributed by atoms with Gasteiger partial charge in [0.05, 0.1) is 23.6 Å². The Bertz CT molecular complexity index is 884. The molecule has 1 N–H and O–H groups in total. The molecule has 0 radical (unpaired) electrons. The Balaban J connectivity index is 1.19. The number of hydrogen-bond acceptors (Lipinski definition) is 6. The summed E-state index contributed by atoms with van der Waals surface area (Å²) in [5.41, 5.74) is 0.594. The van der Waals surface area contributed by atoms with Crippen molar-refractivity contribution in [3.05, 3.63) is 42.6 Å². The number of carbonyl (C=O) groups excluding carboxylic acids is 1. The lowest BCUT2D eigenvalue weighted by Crippen LogP contribution is -2.41. The Labute approximate surface area is 177 Å². The van der Waals surface area contributed by atoms with E-state index < -0.39 is 0 Å². The zero-order valence-electron chi connectivity index (χ0n) is 17.7. The van der Waals surface area contributed by atoms with Crippen molar-refractivity contribution in [2.75, 3.05) is 45.2 Å². The monoisotopic (exact) mass is 410 g/mol. The number of likely N-dealkylation sites (tertiary alicyclic amines) is 1. The average molecular weight is 411 g/mol. The Kier molecular flexibility index (Phi) is 4.99. The maximum atomic E-state index is 12.7. The zero-order chi connectivity index (χ0) is 20.7. The summed E-state index contributed by atoms with van der Waals surface area (Å²) < 4.78 is 8.64. The van der Waals surface area contributed by atoms with Crippen molar-refractivity contribution in [2.45, 2.75) is 31.1 Å². The van der Waals surface area contributed by atoms with Gasteiger partial charge >= 0.3 is 0 Å². The van der Waals surface area contributed by atoms with Gasteiger partial charge in [-0.25, -0.2) is 9.97 Å². The second kappa shape index (κ2) is 7.67. The van der Waals surface area contributed by atoms with Crippen LogP contribution in [0.4, 0.5) is 5.82 Å². The first kappa shape index (κ1) is 19.5. The van der Waals surface area contributed by atoms with Crippen LogP contribution in [0.5, 0.6) is 0 Å². The number of fused-ring (bicyclic) bond motifs is 1. The van der Waals surface area contributed by atoms with Gasteiger partial charge in [-0.2, -0.15) is 0 Å². The van der Waals surface area contributed by atoms with E-state index in [9.17, 15) is 4.79 Å². The topological polar surface area (TPSA) is 75.5 Å². The number of ether oxygens (including phenoxy) is 1. The van der Waals surface area contributed by atoms with Crippen LogP contribution in [-0.2, 0) is 11.3 Å². The van der Waals surface area contributed by atoms with Crippen molar-refractivity contribution in [3.8, 4) is 0 Å². The SMILES string of the molecule is CN(C)c1ccc(C(=O)NC[C@H]2[C@H]3CN(CCn4ccnc4)C[C@]34CC[C@H]2O4)cn1. The second-order valence-corrected chi connectivity index (χ2v) is 9.08. The number of amides is 1. The minimum atomic E-state index is -0.0559. The van der Waals surface area contributed by atoms with E-state index in [2.05, 4.69) is 24.8 Å². The lowest BCUT2D eigenvalue weighted by molar-refractivity contribution is 0.00254. The number of anilines is 1. The highest BCUT2D eigenvalue weighted by Crippen LogP contribution is 2.54. The molecule has 160 valence electrons. The summed E-state index contributed by atoms with van der Waals surface area (Å²) in [7, 11) is 3.88. The van der Waals surface area contributed by atoms with Crippen LogP contribution in [0.1, 0.15) is 23.2 Å². The van der Waals surface area contributed by atoms with E-state index in [0.717, 1.165) is 44.8 Å². The number of nitrogens with zero attached hydrogens (tertiary/aromatic N) is 5. The molecule has 0 aromatic carbocycles. The number of rotatable bonds is 7. The van der Waals surface area contributed by atoms with E-state index in [0.29, 0.717) is 23.9 Å². The van der Waals surface area contributed by atoms with Gasteiger partial charge in [-0.15, -0.1) is 0 Å². The van der Waals surface area contributed by atoms with E-state index in [-0.39, 0.29) is 17.6 Å². The highest BCUT2D eigenvalue weighted by atomic mass is 16.5. The molecule has 0 unspecified atom stereocenters. The summed E-state index contributed by atoms with van der Waals surface area (Å²) in [5.74, 6) is 1.67. The van der Waals surface area contributed by atoms with Gasteiger partial charge in [0.1, 0.15) is 5.82 Å². The van der Waals surface area contributed by atoms with Crippen molar-refractivity contribution in [3.63, 3.8) is 0 Å². The van der Waals surface area contributed by atoms with Crippen LogP contribution in [0, 0.1) is 11.8 Å². The van der Waals surface area contributed by atoms with Crippen LogP contribution >= 0.6 is 0 Å². The van der Waals surface area contributed by atoms with E-state index in [1.807, 2.05) is 49.8 Å². The fourth-order valence-corrected chi connectivity index (χ4v) is 5.50. The molecule has 0 saturated carbocycles. The molecule has 5 rings (SSSR count). The lowest BCUT2D eigenvalue weighted by atomic mass is 9.73. The van der Waals surface area contributed by atoms with Crippen LogP contribution in [0.25, 0.3) is 0 Å². The van der Waals surface area contributed by atoms with E-state index >= 15 is 0 Å². The molecule has 1 spiro atoms. The molecule has 2 aromatic heterocycles. The largest absolute Gasteiger partial charge is 0.370 e. The molecule has 3 fully saturated rings. The molecule has 4 atom stereocenters. The van der Waals surface area contributed by atoms with Gasteiger partial charge < -0.3 is 19.5 Å². The summed E-state index contributed by atoms with van der Waals surface area (Å²) in [4.78, 5) is 25.6. The first-order chi connectivity index (χ1) is 14.5. The van der Waals surface area contributed by atoms with Crippen LogP contribution in [0.3, 0.4) is 0 Å². The third kappa shape index (κ3) is 3.48. The maximum absolute atomic E-state index is 12.7. The van der Waals surface area contributed by atoms with Gasteiger partial charge in [-0.3, -0.25) is 9.69 Å². The van der Waals surface area contributed by atoms with Crippen molar-refractivity contribution >= 4 is 11.7 Å². The first-order valence-electron chi connectivity index (χ1n) is 10.8. The zero-order valence-corrected chi connectivity index (χ0v) is 17.7. The highest BCUT2D eigenvalue weighted by Gasteiger charge is 2.62. The van der Waals surface area contributed by atoms with Gasteiger partial charge in [0.25, 0.3) is 5.91 Å². The van der Waals surface area contributed by atoms with E-state index in [1.54, 1.807) is 6.20 Å². The fourth-order valence-electron chi connectivity index (χ4n) is 5.50. The molecule has 3 saturated heterocycles. The molecule has 30 heavy (non-hydrogen) atoms. The summed E-state index contributed by atoms with van der Waals surface area (Å²) in [6.07, 6.45) is 9.88. The summed E-state index contributed by atoms with van der Waals surface area (Å²) in [5, 5.41) is 3.15. The van der Waals surface area contributed by atoms with Gasteiger partial charge in [0, 0.05) is 77.2 Å². The maximum Gasteiger partial charge on any atom is 0.252 e. The Morgan fingerprint density at radius 3 is 3.00 bits per heavy atom. The number of hydrogen-bond donors (Lipinski definition) is 1. The van der Waals surface area contributed by atoms with Gasteiger partial charge in [-0.05, 0) is 25.0 Å². The smallest absolute Gasteiger partial charge is 0.252 e. The fraction of sp³-hybridized carbons (Fsp3) is 0.591. The lowest BCUT2D eigenvalue weighted by Gasteiger charge is -2.29.